The van der Waals surface area contributed by atoms with E-state index in [1.165, 1.54) is 302 Å². The lowest BCUT2D eigenvalue weighted by Gasteiger charge is -2.21. The van der Waals surface area contributed by atoms with Crippen molar-refractivity contribution in [3.8, 4) is 0 Å². The fraction of sp³-hybridized carbons (Fsp3) is 0.957. The van der Waals surface area contributed by atoms with Crippen molar-refractivity contribution in [2.24, 2.45) is 17.8 Å². The number of ether oxygens (including phenoxy) is 4. The van der Waals surface area contributed by atoms with Crippen LogP contribution < -0.4 is 0 Å². The van der Waals surface area contributed by atoms with Crippen LogP contribution in [0, 0.1) is 17.8 Å². The molecule has 111 heavy (non-hydrogen) atoms. The summed E-state index contributed by atoms with van der Waals surface area (Å²) in [6, 6.07) is 0. The molecule has 0 bridgehead atoms. The van der Waals surface area contributed by atoms with Gasteiger partial charge in [-0.2, -0.15) is 0 Å². The highest BCUT2D eigenvalue weighted by atomic mass is 31.2. The molecule has 0 spiro atoms. The summed E-state index contributed by atoms with van der Waals surface area (Å²) in [7, 11) is -9.94. The maximum Gasteiger partial charge on any atom is 0.472 e. The van der Waals surface area contributed by atoms with Crippen LogP contribution in [-0.2, 0) is 65.4 Å². The minimum Gasteiger partial charge on any atom is -0.462 e. The summed E-state index contributed by atoms with van der Waals surface area (Å²) in [4.78, 5) is 73.5. The number of phosphoric acid groups is 2. The predicted octanol–water partition coefficient (Wildman–Crippen LogP) is 28.4. The van der Waals surface area contributed by atoms with Crippen molar-refractivity contribution in [3.63, 3.8) is 0 Å². The van der Waals surface area contributed by atoms with Gasteiger partial charge in [0.05, 0.1) is 26.4 Å². The van der Waals surface area contributed by atoms with Crippen LogP contribution in [0.4, 0.5) is 0 Å². The van der Waals surface area contributed by atoms with E-state index < -0.39 is 97.5 Å². The van der Waals surface area contributed by atoms with Gasteiger partial charge in [0.15, 0.2) is 12.2 Å². The second-order valence-corrected chi connectivity index (χ2v) is 37.2. The Hall–Kier alpha value is -1.94. The number of hydrogen-bond acceptors (Lipinski definition) is 15. The average Bonchev–Trinajstić information content (AvgIpc) is 0.891. The lowest BCUT2D eigenvalue weighted by atomic mass is 9.99. The van der Waals surface area contributed by atoms with Gasteiger partial charge in [-0.3, -0.25) is 37.3 Å². The summed E-state index contributed by atoms with van der Waals surface area (Å²) in [6.45, 7) is 12.1. The van der Waals surface area contributed by atoms with Gasteiger partial charge in [-0.15, -0.1) is 0 Å². The number of carbonyl (C=O) groups is 4. The summed E-state index contributed by atoms with van der Waals surface area (Å²) < 4.78 is 69.1. The number of unbranched alkanes of at least 4 members (excludes halogenated alkanes) is 57. The zero-order chi connectivity index (χ0) is 81.5. The van der Waals surface area contributed by atoms with Crippen LogP contribution in [0.3, 0.4) is 0 Å². The van der Waals surface area contributed by atoms with Gasteiger partial charge in [0, 0.05) is 25.7 Å². The van der Waals surface area contributed by atoms with E-state index in [1.54, 1.807) is 0 Å². The molecule has 0 aliphatic rings. The van der Waals surface area contributed by atoms with E-state index in [1.807, 2.05) is 0 Å². The highest BCUT2D eigenvalue weighted by Gasteiger charge is 2.31. The van der Waals surface area contributed by atoms with Crippen molar-refractivity contribution >= 4 is 39.5 Å². The molecule has 0 radical (unpaired) electrons. The third kappa shape index (κ3) is 84.3. The zero-order valence-electron chi connectivity index (χ0n) is 73.4. The molecule has 6 atom stereocenters. The molecule has 3 unspecified atom stereocenters. The molecule has 0 aliphatic heterocycles. The molecule has 0 saturated carbocycles. The number of esters is 4. The number of aliphatic hydroxyl groups is 1. The smallest absolute Gasteiger partial charge is 0.462 e. The molecule has 19 heteroatoms. The Morgan fingerprint density at radius 1 is 0.261 bits per heavy atom. The van der Waals surface area contributed by atoms with Gasteiger partial charge < -0.3 is 33.8 Å². The Labute approximate surface area is 683 Å². The summed E-state index contributed by atoms with van der Waals surface area (Å²) in [5, 5.41) is 10.7. The van der Waals surface area contributed by atoms with Crippen LogP contribution in [0.5, 0.6) is 0 Å². The van der Waals surface area contributed by atoms with E-state index in [2.05, 4.69) is 48.5 Å². The van der Waals surface area contributed by atoms with E-state index in [9.17, 15) is 43.2 Å². The predicted molar refractivity (Wildman–Crippen MR) is 460 cm³/mol. The first-order chi connectivity index (χ1) is 53.8. The lowest BCUT2D eigenvalue weighted by Crippen LogP contribution is -2.30. The van der Waals surface area contributed by atoms with Gasteiger partial charge in [-0.25, -0.2) is 9.13 Å². The Balaban J connectivity index is 5.26. The molecule has 0 rings (SSSR count). The van der Waals surface area contributed by atoms with Gasteiger partial charge in [-0.1, -0.05) is 440 Å². The molecule has 0 heterocycles. The van der Waals surface area contributed by atoms with Gasteiger partial charge in [-0.05, 0) is 43.4 Å². The second kappa shape index (κ2) is 81.8. The Bertz CT molecular complexity index is 2130. The first-order valence-electron chi connectivity index (χ1n) is 47.4. The first kappa shape index (κ1) is 109. The summed E-state index contributed by atoms with van der Waals surface area (Å²) in [5.74, 6) is 0.385. The molecule has 0 aliphatic carbocycles. The van der Waals surface area contributed by atoms with E-state index in [0.717, 1.165) is 108 Å². The fourth-order valence-electron chi connectivity index (χ4n) is 14.4. The molecular formula is C92H180O17P2. The fourth-order valence-corrected chi connectivity index (χ4v) is 16.0. The minimum atomic E-state index is -4.97. The number of carbonyl (C=O) groups excluding carboxylic acids is 4. The van der Waals surface area contributed by atoms with E-state index >= 15 is 0 Å². The Morgan fingerprint density at radius 2 is 0.459 bits per heavy atom. The van der Waals surface area contributed by atoms with Crippen LogP contribution in [0.2, 0.25) is 0 Å². The zero-order valence-corrected chi connectivity index (χ0v) is 75.2. The molecule has 0 saturated heterocycles. The summed E-state index contributed by atoms with van der Waals surface area (Å²) in [6.07, 6.45) is 74.9. The molecule has 0 aromatic carbocycles. The van der Waals surface area contributed by atoms with E-state index in [0.29, 0.717) is 25.7 Å². The molecule has 660 valence electrons. The van der Waals surface area contributed by atoms with Gasteiger partial charge >= 0.3 is 39.5 Å². The monoisotopic (exact) mass is 1620 g/mol. The van der Waals surface area contributed by atoms with Crippen molar-refractivity contribution in [1.29, 1.82) is 0 Å². The SMILES string of the molecule is CCCCCCCCCCCCCCCC(=O)OC[C@H](COP(=O)(O)OC[C@H](O)COP(=O)(O)OC[C@@H](COC(=O)CCCCCCCCCCCCCCCCCC(C)C)OC(=O)CCCCCCCCCCCCCCCCCCCCC(C)CC)OC(=O)CCCCCCCCCCCCCCCCCC(C)C. The van der Waals surface area contributed by atoms with Crippen LogP contribution in [0.1, 0.15) is 492 Å². The molecule has 3 N–H and O–H groups in total. The van der Waals surface area contributed by atoms with Crippen LogP contribution in [0.15, 0.2) is 0 Å². The standard InChI is InChI=1S/C92H180O17P2/c1-8-10-11-12-13-14-15-28-38-45-52-59-66-73-89(94)102-79-87(108-92(97)76-69-62-55-48-41-34-27-21-23-30-36-43-50-57-64-71-84(5)6)81-106-110(98,99)104-77-86(93)78-105-111(100,101)107-82-88(80-103-90(95)74-67-60-53-46-39-32-26-20-22-29-35-42-49-56-63-70-83(3)4)109-91(96)75-68-61-54-47-40-33-25-19-17-16-18-24-31-37-44-51-58-65-72-85(7)9-2/h83-88,93H,8-82H2,1-7H3,(H,98,99)(H,100,101)/t85?,86-,87+,88+/m0/s1. The number of aliphatic hydroxyl groups excluding tert-OH is 1. The van der Waals surface area contributed by atoms with Crippen LogP contribution in [0.25, 0.3) is 0 Å². The van der Waals surface area contributed by atoms with E-state index in [4.69, 9.17) is 37.0 Å². The molecule has 0 aromatic heterocycles. The van der Waals surface area contributed by atoms with Gasteiger partial charge in [0.25, 0.3) is 0 Å². The number of rotatable bonds is 90. The minimum absolute atomic E-state index is 0.108. The van der Waals surface area contributed by atoms with Gasteiger partial charge in [0.2, 0.25) is 0 Å². The third-order valence-electron chi connectivity index (χ3n) is 22.0. The highest BCUT2D eigenvalue weighted by Crippen LogP contribution is 2.45. The average molecular weight is 1620 g/mol. The number of phosphoric ester groups is 2. The second-order valence-electron chi connectivity index (χ2n) is 34.2. The van der Waals surface area contributed by atoms with Gasteiger partial charge in [0.1, 0.15) is 19.3 Å². The molecular weight excluding hydrogens is 1440 g/mol. The molecule has 17 nitrogen and oxygen atoms in total. The Kier molecular flexibility index (Phi) is 80.4. The maximum atomic E-state index is 13.2. The first-order valence-corrected chi connectivity index (χ1v) is 50.4. The largest absolute Gasteiger partial charge is 0.472 e. The summed E-state index contributed by atoms with van der Waals surface area (Å²) in [5.41, 5.74) is 0. The lowest BCUT2D eigenvalue weighted by molar-refractivity contribution is -0.161. The maximum absolute atomic E-state index is 13.2. The van der Waals surface area contributed by atoms with Crippen molar-refractivity contribution in [1.82, 2.24) is 0 Å². The molecule has 0 fully saturated rings. The third-order valence-corrected chi connectivity index (χ3v) is 23.9. The van der Waals surface area contributed by atoms with Crippen LogP contribution in [-0.4, -0.2) is 96.7 Å². The van der Waals surface area contributed by atoms with E-state index in [-0.39, 0.29) is 25.7 Å². The topological polar surface area (TPSA) is 237 Å². The Morgan fingerprint density at radius 3 is 0.685 bits per heavy atom. The van der Waals surface area contributed by atoms with Crippen molar-refractivity contribution < 1.29 is 80.2 Å². The number of hydrogen-bond donors (Lipinski definition) is 3. The van der Waals surface area contributed by atoms with Crippen molar-refractivity contribution in [2.75, 3.05) is 39.6 Å². The summed E-state index contributed by atoms with van der Waals surface area (Å²) >= 11 is 0. The normalized spacial score (nSPS) is 14.0. The van der Waals surface area contributed by atoms with Crippen LogP contribution >= 0.6 is 15.6 Å². The van der Waals surface area contributed by atoms with Crippen molar-refractivity contribution in [3.05, 3.63) is 0 Å². The molecule has 0 amide bonds. The quantitative estimate of drug-likeness (QED) is 0.0222. The highest BCUT2D eigenvalue weighted by molar-refractivity contribution is 7.47. The van der Waals surface area contributed by atoms with Crippen molar-refractivity contribution in [2.45, 2.75) is 510 Å². The molecule has 0 aromatic rings.